The number of carbonyl (C=O) groups is 2. The van der Waals surface area contributed by atoms with Gasteiger partial charge in [0.15, 0.2) is 23.9 Å². The Balaban J connectivity index is 2.02. The van der Waals surface area contributed by atoms with Crippen LogP contribution in [0.25, 0.3) is 6.08 Å². The molecular weight excluding hydrogens is 370 g/mol. The lowest BCUT2D eigenvalue weighted by atomic mass is 10.1. The molecule has 2 aromatic carbocycles. The van der Waals surface area contributed by atoms with Crippen LogP contribution < -0.4 is 14.2 Å². The Morgan fingerprint density at radius 2 is 1.72 bits per heavy atom. The second kappa shape index (κ2) is 10.3. The molecule has 0 atom stereocenters. The van der Waals surface area contributed by atoms with Gasteiger partial charge in [-0.05, 0) is 61.9 Å². The number of likely N-dealkylation sites (N-methyl/N-ethyl adjacent to an activating group) is 1. The molecule has 6 heteroatoms. The van der Waals surface area contributed by atoms with Crippen LogP contribution in [0.15, 0.2) is 48.5 Å². The predicted molar refractivity (Wildman–Crippen MR) is 113 cm³/mol. The van der Waals surface area contributed by atoms with Crippen LogP contribution in [0, 0.1) is 0 Å². The van der Waals surface area contributed by atoms with E-state index in [0.29, 0.717) is 22.8 Å². The molecule has 0 aliphatic rings. The first-order chi connectivity index (χ1) is 13.8. The second-order valence-corrected chi connectivity index (χ2v) is 6.88. The lowest BCUT2D eigenvalue weighted by molar-refractivity contribution is -0.130. The van der Waals surface area contributed by atoms with Gasteiger partial charge >= 0.3 is 0 Å². The molecule has 154 valence electrons. The third-order valence-electron chi connectivity index (χ3n) is 3.98. The largest absolute Gasteiger partial charge is 0.493 e. The maximum Gasteiger partial charge on any atom is 0.259 e. The number of amides is 1. The number of hydrogen-bond donors (Lipinski definition) is 0. The van der Waals surface area contributed by atoms with Crippen LogP contribution >= 0.6 is 0 Å². The third-order valence-corrected chi connectivity index (χ3v) is 3.98. The van der Waals surface area contributed by atoms with Crippen LogP contribution in [0.2, 0.25) is 0 Å². The summed E-state index contributed by atoms with van der Waals surface area (Å²) in [7, 11) is 4.91. The van der Waals surface area contributed by atoms with E-state index in [-0.39, 0.29) is 24.4 Å². The summed E-state index contributed by atoms with van der Waals surface area (Å²) in [6, 6.07) is 12.2. The minimum Gasteiger partial charge on any atom is -0.493 e. The number of ketones is 1. The Hall–Kier alpha value is -3.28. The summed E-state index contributed by atoms with van der Waals surface area (Å²) in [5, 5.41) is 0. The van der Waals surface area contributed by atoms with Gasteiger partial charge in [-0.1, -0.05) is 12.1 Å². The Morgan fingerprint density at radius 1 is 1.03 bits per heavy atom. The van der Waals surface area contributed by atoms with Crippen LogP contribution in [0.4, 0.5) is 0 Å². The highest BCUT2D eigenvalue weighted by atomic mass is 16.5. The zero-order valence-corrected chi connectivity index (χ0v) is 17.5. The van der Waals surface area contributed by atoms with Crippen molar-refractivity contribution in [2.75, 3.05) is 27.8 Å². The van der Waals surface area contributed by atoms with Gasteiger partial charge in [0.1, 0.15) is 5.75 Å². The molecule has 0 N–H and O–H groups in total. The topological polar surface area (TPSA) is 65.1 Å². The molecule has 0 fully saturated rings. The number of methoxy groups -OCH3 is 1. The SMILES string of the molecule is COc1cc(C=CC(=O)c2ccc(OCC(=O)N(C)C)cc2)ccc1OC(C)C. The second-order valence-electron chi connectivity index (χ2n) is 6.88. The molecule has 0 aliphatic carbocycles. The van der Waals surface area contributed by atoms with E-state index < -0.39 is 0 Å². The van der Waals surface area contributed by atoms with Gasteiger partial charge in [-0.2, -0.15) is 0 Å². The molecule has 0 saturated heterocycles. The molecule has 0 radical (unpaired) electrons. The Labute approximate surface area is 171 Å². The first-order valence-corrected chi connectivity index (χ1v) is 9.30. The number of carbonyl (C=O) groups excluding carboxylic acids is 2. The molecule has 0 spiro atoms. The standard InChI is InChI=1S/C23H27NO5/c1-16(2)29-21-13-7-17(14-22(21)27-5)6-12-20(25)18-8-10-19(11-9-18)28-15-23(26)24(3)4/h6-14,16H,15H2,1-5H3. The van der Waals surface area contributed by atoms with Crippen LogP contribution in [0.5, 0.6) is 17.2 Å². The van der Waals surface area contributed by atoms with Crippen molar-refractivity contribution in [2.24, 2.45) is 0 Å². The van der Waals surface area contributed by atoms with E-state index in [0.717, 1.165) is 5.56 Å². The van der Waals surface area contributed by atoms with Gasteiger partial charge < -0.3 is 19.1 Å². The Morgan fingerprint density at radius 3 is 2.31 bits per heavy atom. The minimum atomic E-state index is -0.137. The normalized spacial score (nSPS) is 10.8. The van der Waals surface area contributed by atoms with Gasteiger partial charge in [-0.15, -0.1) is 0 Å². The lowest BCUT2D eigenvalue weighted by Gasteiger charge is -2.13. The molecule has 0 aromatic heterocycles. The van der Waals surface area contributed by atoms with Gasteiger partial charge in [0.25, 0.3) is 5.91 Å². The van der Waals surface area contributed by atoms with E-state index in [4.69, 9.17) is 14.2 Å². The van der Waals surface area contributed by atoms with Crippen LogP contribution in [0.1, 0.15) is 29.8 Å². The summed E-state index contributed by atoms with van der Waals surface area (Å²) in [5.74, 6) is 1.54. The zero-order valence-electron chi connectivity index (χ0n) is 17.5. The predicted octanol–water partition coefficient (Wildman–Crippen LogP) is 3.85. The molecule has 0 unspecified atom stereocenters. The first kappa shape index (κ1) is 22.0. The van der Waals surface area contributed by atoms with E-state index in [1.807, 2.05) is 32.0 Å². The molecule has 0 bridgehead atoms. The number of allylic oxidation sites excluding steroid dienone is 1. The molecule has 2 rings (SSSR count). The van der Waals surface area contributed by atoms with Crippen molar-refractivity contribution in [3.63, 3.8) is 0 Å². The molecular formula is C23H27NO5. The summed E-state index contributed by atoms with van der Waals surface area (Å²) < 4.78 is 16.5. The maximum atomic E-state index is 12.4. The molecule has 0 saturated carbocycles. The summed E-state index contributed by atoms with van der Waals surface area (Å²) in [6.07, 6.45) is 3.27. The van der Waals surface area contributed by atoms with E-state index in [1.165, 1.54) is 11.0 Å². The van der Waals surface area contributed by atoms with Crippen molar-refractivity contribution < 1.29 is 23.8 Å². The lowest BCUT2D eigenvalue weighted by Crippen LogP contribution is -2.27. The smallest absolute Gasteiger partial charge is 0.259 e. The van der Waals surface area contributed by atoms with Gasteiger partial charge in [-0.3, -0.25) is 9.59 Å². The Bertz CT molecular complexity index is 869. The average Bonchev–Trinajstić information content (AvgIpc) is 2.70. The molecule has 2 aromatic rings. The Kier molecular flexibility index (Phi) is 7.83. The summed E-state index contributed by atoms with van der Waals surface area (Å²) in [5.41, 5.74) is 1.35. The molecule has 6 nitrogen and oxygen atoms in total. The number of ether oxygens (including phenoxy) is 3. The van der Waals surface area contributed by atoms with Crippen LogP contribution in [0.3, 0.4) is 0 Å². The maximum absolute atomic E-state index is 12.4. The van der Waals surface area contributed by atoms with E-state index in [2.05, 4.69) is 0 Å². The fourth-order valence-corrected chi connectivity index (χ4v) is 2.40. The quantitative estimate of drug-likeness (QED) is 0.475. The van der Waals surface area contributed by atoms with Crippen molar-refractivity contribution in [1.29, 1.82) is 0 Å². The minimum absolute atomic E-state index is 0.0415. The van der Waals surface area contributed by atoms with Crippen LogP contribution in [-0.4, -0.2) is 50.5 Å². The van der Waals surface area contributed by atoms with E-state index in [1.54, 1.807) is 51.5 Å². The molecule has 0 aliphatic heterocycles. The van der Waals surface area contributed by atoms with Gasteiger partial charge in [-0.25, -0.2) is 0 Å². The molecule has 29 heavy (non-hydrogen) atoms. The van der Waals surface area contributed by atoms with Gasteiger partial charge in [0.05, 0.1) is 13.2 Å². The van der Waals surface area contributed by atoms with Crippen molar-refractivity contribution in [1.82, 2.24) is 4.90 Å². The van der Waals surface area contributed by atoms with Crippen molar-refractivity contribution in [3.8, 4) is 17.2 Å². The van der Waals surface area contributed by atoms with Gasteiger partial charge in [0.2, 0.25) is 0 Å². The fourth-order valence-electron chi connectivity index (χ4n) is 2.40. The first-order valence-electron chi connectivity index (χ1n) is 9.30. The summed E-state index contributed by atoms with van der Waals surface area (Å²) in [6.45, 7) is 3.85. The fraction of sp³-hybridized carbons (Fsp3) is 0.304. The highest BCUT2D eigenvalue weighted by Gasteiger charge is 2.08. The molecule has 1 amide bonds. The van der Waals surface area contributed by atoms with E-state index in [9.17, 15) is 9.59 Å². The highest BCUT2D eigenvalue weighted by Crippen LogP contribution is 2.29. The monoisotopic (exact) mass is 397 g/mol. The number of benzene rings is 2. The van der Waals surface area contributed by atoms with Crippen molar-refractivity contribution in [2.45, 2.75) is 20.0 Å². The van der Waals surface area contributed by atoms with Crippen molar-refractivity contribution in [3.05, 3.63) is 59.7 Å². The number of nitrogens with zero attached hydrogens (tertiary/aromatic N) is 1. The van der Waals surface area contributed by atoms with E-state index >= 15 is 0 Å². The zero-order chi connectivity index (χ0) is 21.4. The summed E-state index contributed by atoms with van der Waals surface area (Å²) in [4.78, 5) is 25.4. The average molecular weight is 397 g/mol. The number of rotatable bonds is 9. The highest BCUT2D eigenvalue weighted by molar-refractivity contribution is 6.06. The van der Waals surface area contributed by atoms with Gasteiger partial charge in [0, 0.05) is 19.7 Å². The van der Waals surface area contributed by atoms with Crippen LogP contribution in [-0.2, 0) is 4.79 Å². The number of hydrogen-bond acceptors (Lipinski definition) is 5. The van der Waals surface area contributed by atoms with Crippen molar-refractivity contribution >= 4 is 17.8 Å². The molecule has 0 heterocycles. The summed E-state index contributed by atoms with van der Waals surface area (Å²) >= 11 is 0. The third kappa shape index (κ3) is 6.68.